The summed E-state index contributed by atoms with van der Waals surface area (Å²) in [7, 11) is 0. The van der Waals surface area contributed by atoms with Gasteiger partial charge in [0.25, 0.3) is 11.8 Å². The molecule has 5 rings (SSSR count). The van der Waals surface area contributed by atoms with Gasteiger partial charge >= 0.3 is 0 Å². The molecule has 2 aromatic heterocycles. The van der Waals surface area contributed by atoms with Crippen LogP contribution in [0, 0.1) is 0 Å². The minimum absolute atomic E-state index is 0.123. The highest BCUT2D eigenvalue weighted by Crippen LogP contribution is 2.39. The number of likely N-dealkylation sites (tertiary alicyclic amines) is 1. The zero-order valence-electron chi connectivity index (χ0n) is 16.3. The second-order valence-corrected chi connectivity index (χ2v) is 8.37. The molecular weight excluding hydrogens is 375 g/mol. The fourth-order valence-corrected chi connectivity index (χ4v) is 4.42. The predicted octanol–water partition coefficient (Wildman–Crippen LogP) is 3.23. The molecule has 1 atom stereocenters. The van der Waals surface area contributed by atoms with Gasteiger partial charge in [0.15, 0.2) is 11.5 Å². The van der Waals surface area contributed by atoms with Crippen LogP contribution in [0.15, 0.2) is 22.9 Å². The quantitative estimate of drug-likeness (QED) is 0.784. The van der Waals surface area contributed by atoms with Crippen molar-refractivity contribution in [1.29, 1.82) is 0 Å². The summed E-state index contributed by atoms with van der Waals surface area (Å²) >= 11 is 0. The van der Waals surface area contributed by atoms with E-state index in [4.69, 9.17) is 9.26 Å². The summed E-state index contributed by atoms with van der Waals surface area (Å²) in [6, 6.07) is 3.87. The van der Waals surface area contributed by atoms with E-state index in [9.17, 15) is 9.18 Å². The van der Waals surface area contributed by atoms with Crippen molar-refractivity contribution in [2.24, 2.45) is 0 Å². The second-order valence-electron chi connectivity index (χ2n) is 8.37. The van der Waals surface area contributed by atoms with Crippen LogP contribution >= 0.6 is 0 Å². The molecule has 7 nitrogen and oxygen atoms in total. The largest absolute Gasteiger partial charge is 0.381 e. The van der Waals surface area contributed by atoms with Crippen molar-refractivity contribution in [3.05, 3.63) is 29.8 Å². The highest BCUT2D eigenvalue weighted by molar-refractivity contribution is 5.86. The third-order valence-corrected chi connectivity index (χ3v) is 6.49. The first-order valence-corrected chi connectivity index (χ1v) is 10.5. The number of carbonyl (C=O) groups is 1. The van der Waals surface area contributed by atoms with Crippen molar-refractivity contribution in [3.63, 3.8) is 0 Å². The summed E-state index contributed by atoms with van der Waals surface area (Å²) in [4.78, 5) is 23.1. The first-order chi connectivity index (χ1) is 14.1. The first kappa shape index (κ1) is 18.7. The van der Waals surface area contributed by atoms with Gasteiger partial charge in [-0.25, -0.2) is 4.39 Å². The molecule has 0 N–H and O–H groups in total. The molecule has 8 heteroatoms. The van der Waals surface area contributed by atoms with E-state index in [1.165, 1.54) is 0 Å². The molecule has 2 aliphatic heterocycles. The van der Waals surface area contributed by atoms with E-state index in [2.05, 4.69) is 15.1 Å². The number of aromatic nitrogens is 3. The van der Waals surface area contributed by atoms with Crippen LogP contribution < -0.4 is 0 Å². The summed E-state index contributed by atoms with van der Waals surface area (Å²) < 4.78 is 25.4. The molecule has 1 amide bonds. The van der Waals surface area contributed by atoms with E-state index in [0.717, 1.165) is 43.5 Å². The lowest BCUT2D eigenvalue weighted by atomic mass is 9.80. The van der Waals surface area contributed by atoms with Gasteiger partial charge in [-0.3, -0.25) is 9.78 Å². The molecule has 1 unspecified atom stereocenters. The lowest BCUT2D eigenvalue weighted by Gasteiger charge is -2.39. The normalized spacial score (nSPS) is 24.4. The maximum atomic E-state index is 14.4. The van der Waals surface area contributed by atoms with Crippen molar-refractivity contribution in [3.8, 4) is 11.5 Å². The summed E-state index contributed by atoms with van der Waals surface area (Å²) in [5.41, 5.74) is 0.232. The molecule has 29 heavy (non-hydrogen) atoms. The zero-order valence-corrected chi connectivity index (χ0v) is 16.3. The Morgan fingerprint density at radius 2 is 2.03 bits per heavy atom. The average molecular weight is 400 g/mol. The maximum absolute atomic E-state index is 14.4. The molecule has 0 aromatic carbocycles. The minimum Gasteiger partial charge on any atom is -0.381 e. The van der Waals surface area contributed by atoms with Gasteiger partial charge in [0, 0.05) is 49.0 Å². The SMILES string of the molecule is O=C(N1CCC(c2noc(-c3ccnc(C4CCOC4)c3)n2)CC1)C1(F)CCC1. The molecule has 2 aromatic rings. The molecule has 1 saturated carbocycles. The number of nitrogens with zero attached hydrogens (tertiary/aromatic N) is 4. The maximum Gasteiger partial charge on any atom is 0.260 e. The average Bonchev–Trinajstić information content (AvgIpc) is 3.44. The van der Waals surface area contributed by atoms with Crippen LogP contribution in [0.1, 0.15) is 61.9 Å². The highest BCUT2D eigenvalue weighted by Gasteiger charge is 2.47. The predicted molar refractivity (Wildman–Crippen MR) is 102 cm³/mol. The van der Waals surface area contributed by atoms with Gasteiger partial charge in [0.05, 0.1) is 6.61 Å². The van der Waals surface area contributed by atoms with Gasteiger partial charge in [-0.05, 0) is 50.7 Å². The highest BCUT2D eigenvalue weighted by atomic mass is 19.1. The molecule has 3 aliphatic rings. The van der Waals surface area contributed by atoms with E-state index < -0.39 is 5.67 Å². The number of halogens is 1. The second kappa shape index (κ2) is 7.48. The first-order valence-electron chi connectivity index (χ1n) is 10.5. The number of carbonyl (C=O) groups excluding carboxylic acids is 1. The van der Waals surface area contributed by atoms with E-state index in [-0.39, 0.29) is 11.8 Å². The number of amides is 1. The van der Waals surface area contributed by atoms with Crippen molar-refractivity contribution >= 4 is 5.91 Å². The fourth-order valence-electron chi connectivity index (χ4n) is 4.42. The summed E-state index contributed by atoms with van der Waals surface area (Å²) in [5.74, 6) is 1.24. The van der Waals surface area contributed by atoms with Gasteiger partial charge in [-0.15, -0.1) is 0 Å². The fraction of sp³-hybridized carbons (Fsp3) is 0.619. The Balaban J connectivity index is 1.24. The zero-order chi connectivity index (χ0) is 19.8. The topological polar surface area (TPSA) is 81.4 Å². The Labute approximate surface area is 168 Å². The molecule has 3 fully saturated rings. The van der Waals surface area contributed by atoms with Gasteiger partial charge in [0.2, 0.25) is 0 Å². The molecule has 4 heterocycles. The van der Waals surface area contributed by atoms with Crippen molar-refractivity contribution in [2.75, 3.05) is 26.3 Å². The summed E-state index contributed by atoms with van der Waals surface area (Å²) in [5, 5.41) is 4.18. The summed E-state index contributed by atoms with van der Waals surface area (Å²) in [6.07, 6.45) is 5.72. The van der Waals surface area contributed by atoms with Gasteiger partial charge in [-0.1, -0.05) is 5.16 Å². The van der Waals surface area contributed by atoms with E-state index in [1.54, 1.807) is 11.1 Å². The van der Waals surface area contributed by atoms with E-state index in [0.29, 0.717) is 50.2 Å². The monoisotopic (exact) mass is 400 g/mol. The Kier molecular flexibility index (Phi) is 4.81. The standard InChI is InChI=1S/C21H25FN4O3/c22-21(6-1-7-21)20(27)26-9-3-14(4-10-26)18-24-19(29-25-18)15-2-8-23-17(12-15)16-5-11-28-13-16/h2,8,12,14,16H,1,3-7,9-11,13H2. The molecule has 0 bridgehead atoms. The number of ether oxygens (including phenoxy) is 1. The number of pyridine rings is 1. The number of piperidine rings is 1. The van der Waals surface area contributed by atoms with Gasteiger partial charge in [-0.2, -0.15) is 4.98 Å². The lowest BCUT2D eigenvalue weighted by molar-refractivity contribution is -0.151. The van der Waals surface area contributed by atoms with Gasteiger partial charge in [0.1, 0.15) is 0 Å². The van der Waals surface area contributed by atoms with Crippen LogP contribution in [0.4, 0.5) is 4.39 Å². The lowest BCUT2D eigenvalue weighted by Crippen LogP contribution is -2.52. The number of hydrogen-bond acceptors (Lipinski definition) is 6. The van der Waals surface area contributed by atoms with Crippen molar-refractivity contribution in [2.45, 2.75) is 56.0 Å². The molecular formula is C21H25FN4O3. The van der Waals surface area contributed by atoms with E-state index in [1.807, 2.05) is 12.1 Å². The van der Waals surface area contributed by atoms with Crippen LogP contribution in [0.25, 0.3) is 11.5 Å². The Morgan fingerprint density at radius 3 is 2.72 bits per heavy atom. The minimum atomic E-state index is -1.62. The van der Waals surface area contributed by atoms with Crippen molar-refractivity contribution < 1.29 is 18.4 Å². The van der Waals surface area contributed by atoms with Gasteiger partial charge < -0.3 is 14.2 Å². The van der Waals surface area contributed by atoms with Crippen molar-refractivity contribution in [1.82, 2.24) is 20.0 Å². The smallest absolute Gasteiger partial charge is 0.260 e. The number of alkyl halides is 1. The van der Waals surface area contributed by atoms with E-state index >= 15 is 0 Å². The van der Waals surface area contributed by atoms with Crippen LogP contribution in [0.2, 0.25) is 0 Å². The Hall–Kier alpha value is -2.35. The van der Waals surface area contributed by atoms with Crippen LogP contribution in [-0.2, 0) is 9.53 Å². The number of hydrogen-bond donors (Lipinski definition) is 0. The third-order valence-electron chi connectivity index (χ3n) is 6.49. The summed E-state index contributed by atoms with van der Waals surface area (Å²) in [6.45, 7) is 2.55. The third kappa shape index (κ3) is 3.54. The Bertz CT molecular complexity index is 884. The molecule has 1 aliphatic carbocycles. The van der Waals surface area contributed by atoms with Crippen LogP contribution in [0.3, 0.4) is 0 Å². The molecule has 154 valence electrons. The van der Waals surface area contributed by atoms with Crippen LogP contribution in [-0.4, -0.2) is 57.9 Å². The molecule has 0 radical (unpaired) electrons. The Morgan fingerprint density at radius 1 is 1.21 bits per heavy atom. The molecule has 0 spiro atoms. The molecule has 2 saturated heterocycles. The number of rotatable bonds is 4. The van der Waals surface area contributed by atoms with Crippen LogP contribution in [0.5, 0.6) is 0 Å².